The van der Waals surface area contributed by atoms with Crippen molar-refractivity contribution >= 4 is 17.3 Å². The molecule has 0 fully saturated rings. The second-order valence-corrected chi connectivity index (χ2v) is 6.21. The van der Waals surface area contributed by atoms with Crippen LogP contribution in [0.1, 0.15) is 38.2 Å². The van der Waals surface area contributed by atoms with E-state index in [4.69, 9.17) is 4.74 Å². The number of carbonyl (C=O) groups is 1. The molecule has 0 saturated carbocycles. The van der Waals surface area contributed by atoms with Crippen LogP contribution in [0.2, 0.25) is 0 Å². The van der Waals surface area contributed by atoms with Crippen LogP contribution in [0.3, 0.4) is 0 Å². The predicted molar refractivity (Wildman–Crippen MR) is 104 cm³/mol. The summed E-state index contributed by atoms with van der Waals surface area (Å²) in [7, 11) is 0. The Balaban J connectivity index is 1.77. The van der Waals surface area contributed by atoms with E-state index in [1.54, 1.807) is 0 Å². The number of nitrogens with one attached hydrogen (secondary N) is 2. The third-order valence-corrected chi connectivity index (χ3v) is 3.86. The van der Waals surface area contributed by atoms with Gasteiger partial charge in [-0.05, 0) is 43.2 Å². The highest BCUT2D eigenvalue weighted by molar-refractivity contribution is 5.93. The summed E-state index contributed by atoms with van der Waals surface area (Å²) in [5.74, 6) is 0.711. The number of benzene rings is 2. The summed E-state index contributed by atoms with van der Waals surface area (Å²) >= 11 is 0. The van der Waals surface area contributed by atoms with Crippen molar-refractivity contribution in [1.82, 2.24) is 0 Å². The van der Waals surface area contributed by atoms with Crippen LogP contribution >= 0.6 is 0 Å². The molecular weight excluding hydrogens is 312 g/mol. The maximum Gasteiger partial charge on any atom is 0.243 e. The Bertz CT molecular complexity index is 670. The van der Waals surface area contributed by atoms with E-state index < -0.39 is 0 Å². The lowest BCUT2D eigenvalue weighted by atomic mass is 10.2. The average Bonchev–Trinajstić information content (AvgIpc) is 2.60. The van der Waals surface area contributed by atoms with Crippen molar-refractivity contribution in [3.8, 4) is 5.75 Å². The van der Waals surface area contributed by atoms with Gasteiger partial charge in [0.25, 0.3) is 0 Å². The van der Waals surface area contributed by atoms with Crippen molar-refractivity contribution in [2.75, 3.05) is 23.8 Å². The molecule has 2 aromatic rings. The van der Waals surface area contributed by atoms with Crippen molar-refractivity contribution in [1.29, 1.82) is 0 Å². The zero-order valence-corrected chi connectivity index (χ0v) is 15.2. The molecule has 2 rings (SSSR count). The molecule has 0 radical (unpaired) electrons. The fraction of sp³-hybridized carbons (Fsp3) is 0.381. The van der Waals surface area contributed by atoms with Crippen LogP contribution in [-0.4, -0.2) is 19.1 Å². The van der Waals surface area contributed by atoms with Crippen molar-refractivity contribution in [2.45, 2.75) is 39.5 Å². The van der Waals surface area contributed by atoms with E-state index in [1.807, 2.05) is 55.5 Å². The molecule has 1 amide bonds. The number of unbranched alkanes of at least 4 members (excludes halogenated alkanes) is 3. The topological polar surface area (TPSA) is 50.4 Å². The van der Waals surface area contributed by atoms with Crippen LogP contribution in [0.5, 0.6) is 5.75 Å². The molecule has 4 nitrogen and oxygen atoms in total. The molecule has 0 aliphatic carbocycles. The summed E-state index contributed by atoms with van der Waals surface area (Å²) in [5, 5.41) is 6.03. The average molecular weight is 340 g/mol. The zero-order valence-electron chi connectivity index (χ0n) is 15.2. The highest BCUT2D eigenvalue weighted by atomic mass is 16.5. The molecule has 25 heavy (non-hydrogen) atoms. The van der Waals surface area contributed by atoms with E-state index in [1.165, 1.54) is 19.3 Å². The normalized spacial score (nSPS) is 10.3. The van der Waals surface area contributed by atoms with Gasteiger partial charge < -0.3 is 15.4 Å². The number of aryl methyl sites for hydroxylation is 1. The highest BCUT2D eigenvalue weighted by Crippen LogP contribution is 2.18. The Morgan fingerprint density at radius 2 is 1.80 bits per heavy atom. The van der Waals surface area contributed by atoms with Crippen LogP contribution in [-0.2, 0) is 4.79 Å². The number of rotatable bonds is 10. The van der Waals surface area contributed by atoms with Crippen LogP contribution in [0.25, 0.3) is 0 Å². The van der Waals surface area contributed by atoms with E-state index in [-0.39, 0.29) is 12.5 Å². The van der Waals surface area contributed by atoms with Crippen molar-refractivity contribution in [2.24, 2.45) is 0 Å². The first kappa shape index (κ1) is 18.8. The maximum atomic E-state index is 12.1. The predicted octanol–water partition coefficient (Wildman–Crippen LogP) is 5.00. The fourth-order valence-corrected chi connectivity index (χ4v) is 2.53. The first-order chi connectivity index (χ1) is 12.2. The van der Waals surface area contributed by atoms with Crippen molar-refractivity contribution in [3.63, 3.8) is 0 Å². The van der Waals surface area contributed by atoms with Crippen LogP contribution in [0, 0.1) is 6.92 Å². The van der Waals surface area contributed by atoms with E-state index in [0.29, 0.717) is 6.61 Å². The van der Waals surface area contributed by atoms with Crippen LogP contribution in [0.15, 0.2) is 48.5 Å². The van der Waals surface area contributed by atoms with Gasteiger partial charge in [0.1, 0.15) is 5.75 Å². The fourth-order valence-electron chi connectivity index (χ4n) is 2.53. The molecule has 134 valence electrons. The molecule has 0 spiro atoms. The van der Waals surface area contributed by atoms with Crippen molar-refractivity contribution in [3.05, 3.63) is 54.1 Å². The molecule has 0 unspecified atom stereocenters. The summed E-state index contributed by atoms with van der Waals surface area (Å²) in [6.07, 6.45) is 4.72. The minimum atomic E-state index is -0.0819. The quantitative estimate of drug-likeness (QED) is 0.598. The van der Waals surface area contributed by atoms with Gasteiger partial charge in [0, 0.05) is 17.4 Å². The van der Waals surface area contributed by atoms with Gasteiger partial charge in [-0.25, -0.2) is 0 Å². The van der Waals surface area contributed by atoms with E-state index in [9.17, 15) is 4.79 Å². The minimum absolute atomic E-state index is 0.0819. The Hall–Kier alpha value is -2.49. The smallest absolute Gasteiger partial charge is 0.243 e. The molecule has 2 aromatic carbocycles. The van der Waals surface area contributed by atoms with E-state index in [0.717, 1.165) is 29.1 Å². The molecule has 0 heterocycles. The summed E-state index contributed by atoms with van der Waals surface area (Å²) in [6.45, 7) is 5.16. The Morgan fingerprint density at radius 1 is 1.00 bits per heavy atom. The molecule has 4 heteroatoms. The number of hydrogen-bond acceptors (Lipinski definition) is 3. The van der Waals surface area contributed by atoms with Crippen LogP contribution in [0.4, 0.5) is 11.4 Å². The second-order valence-electron chi connectivity index (χ2n) is 6.21. The lowest BCUT2D eigenvalue weighted by Crippen LogP contribution is -2.21. The molecule has 0 aliphatic rings. The van der Waals surface area contributed by atoms with Gasteiger partial charge in [-0.15, -0.1) is 0 Å². The third-order valence-electron chi connectivity index (χ3n) is 3.86. The molecule has 0 atom stereocenters. The van der Waals surface area contributed by atoms with E-state index >= 15 is 0 Å². The summed E-state index contributed by atoms with van der Waals surface area (Å²) in [6, 6.07) is 15.5. The Labute approximate surface area is 150 Å². The molecule has 0 aliphatic heterocycles. The molecule has 0 aromatic heterocycles. The van der Waals surface area contributed by atoms with E-state index in [2.05, 4.69) is 17.6 Å². The Kier molecular flexibility index (Phi) is 7.83. The number of ether oxygens (including phenoxy) is 1. The standard InChI is InChI=1S/C21H28N2O2/c1-3-4-5-6-13-25-20-12-8-11-19(15-20)23-21(24)16-22-18-10-7-9-17(2)14-18/h7-12,14-15,22H,3-6,13,16H2,1-2H3,(H,23,24). The first-order valence-electron chi connectivity index (χ1n) is 9.00. The maximum absolute atomic E-state index is 12.1. The van der Waals surface area contributed by atoms with Gasteiger partial charge in [0.05, 0.1) is 13.2 Å². The number of anilines is 2. The van der Waals surface area contributed by atoms with Crippen LogP contribution < -0.4 is 15.4 Å². The van der Waals surface area contributed by atoms with Gasteiger partial charge in [-0.1, -0.05) is 44.4 Å². The summed E-state index contributed by atoms with van der Waals surface area (Å²) in [5.41, 5.74) is 2.86. The molecule has 2 N–H and O–H groups in total. The van der Waals surface area contributed by atoms with Crippen molar-refractivity contribution < 1.29 is 9.53 Å². The molecule has 0 saturated heterocycles. The lowest BCUT2D eigenvalue weighted by molar-refractivity contribution is -0.114. The first-order valence-corrected chi connectivity index (χ1v) is 9.00. The van der Waals surface area contributed by atoms with Gasteiger partial charge in [0.15, 0.2) is 0 Å². The number of amides is 1. The molecule has 0 bridgehead atoms. The number of hydrogen-bond donors (Lipinski definition) is 2. The van der Waals surface area contributed by atoms with Gasteiger partial charge in [0.2, 0.25) is 5.91 Å². The SMILES string of the molecule is CCCCCCOc1cccc(NC(=O)CNc2cccc(C)c2)c1. The Morgan fingerprint density at radius 3 is 2.60 bits per heavy atom. The summed E-state index contributed by atoms with van der Waals surface area (Å²) in [4.78, 5) is 12.1. The minimum Gasteiger partial charge on any atom is -0.494 e. The largest absolute Gasteiger partial charge is 0.494 e. The number of carbonyl (C=O) groups excluding carboxylic acids is 1. The molecular formula is C21H28N2O2. The van der Waals surface area contributed by atoms with Gasteiger partial charge >= 0.3 is 0 Å². The monoisotopic (exact) mass is 340 g/mol. The third kappa shape index (κ3) is 7.29. The zero-order chi connectivity index (χ0) is 17.9. The lowest BCUT2D eigenvalue weighted by Gasteiger charge is -2.10. The van der Waals surface area contributed by atoms with Gasteiger partial charge in [-0.3, -0.25) is 4.79 Å². The summed E-state index contributed by atoms with van der Waals surface area (Å²) < 4.78 is 5.75. The second kappa shape index (κ2) is 10.4. The van der Waals surface area contributed by atoms with Gasteiger partial charge in [-0.2, -0.15) is 0 Å². The highest BCUT2D eigenvalue weighted by Gasteiger charge is 2.04.